The highest BCUT2D eigenvalue weighted by atomic mass is 35.5. The topological polar surface area (TPSA) is 75.4 Å². The number of anilines is 1. The Kier molecular flexibility index (Phi) is 4.32. The molecule has 0 aliphatic heterocycles. The maximum Gasteiger partial charge on any atom is 0.252 e. The van der Waals surface area contributed by atoms with Gasteiger partial charge in [0.25, 0.3) is 5.91 Å². The first-order valence-electron chi connectivity index (χ1n) is 6.56. The molecule has 5 heteroatoms. The summed E-state index contributed by atoms with van der Waals surface area (Å²) in [7, 11) is 0. The molecule has 1 aliphatic carbocycles. The number of rotatable bonds is 3. The lowest BCUT2D eigenvalue weighted by atomic mass is 9.85. The number of aliphatic hydroxyl groups is 1. The molecule has 0 spiro atoms. The van der Waals surface area contributed by atoms with Gasteiger partial charge < -0.3 is 16.2 Å². The fraction of sp³-hybridized carbons (Fsp3) is 0.500. The first kappa shape index (κ1) is 14.2. The van der Waals surface area contributed by atoms with Gasteiger partial charge in [-0.15, -0.1) is 0 Å². The summed E-state index contributed by atoms with van der Waals surface area (Å²) in [6, 6.07) is 4.78. The van der Waals surface area contributed by atoms with E-state index in [2.05, 4.69) is 5.32 Å². The molecule has 0 unspecified atom stereocenters. The summed E-state index contributed by atoms with van der Waals surface area (Å²) < 4.78 is 0. The zero-order chi connectivity index (χ0) is 13.9. The van der Waals surface area contributed by atoms with Crippen LogP contribution in [0.5, 0.6) is 0 Å². The lowest BCUT2D eigenvalue weighted by molar-refractivity contribution is 0.00526. The molecular formula is C14H19ClN2O2. The first-order valence-corrected chi connectivity index (χ1v) is 6.94. The molecular weight excluding hydrogens is 264 g/mol. The summed E-state index contributed by atoms with van der Waals surface area (Å²) in [5.41, 5.74) is 5.72. The molecule has 1 fully saturated rings. The van der Waals surface area contributed by atoms with Crippen molar-refractivity contribution >= 4 is 23.2 Å². The van der Waals surface area contributed by atoms with E-state index in [0.717, 1.165) is 32.1 Å². The van der Waals surface area contributed by atoms with Crippen molar-refractivity contribution in [2.24, 2.45) is 0 Å². The Morgan fingerprint density at radius 1 is 1.37 bits per heavy atom. The minimum Gasteiger partial charge on any atom is -0.399 e. The van der Waals surface area contributed by atoms with E-state index in [1.807, 2.05) is 0 Å². The summed E-state index contributed by atoms with van der Waals surface area (Å²) in [5.74, 6) is -0.274. The Labute approximate surface area is 117 Å². The summed E-state index contributed by atoms with van der Waals surface area (Å²) in [4.78, 5) is 12.0. The summed E-state index contributed by atoms with van der Waals surface area (Å²) in [6.07, 6.45) is 4.65. The molecule has 0 radical (unpaired) electrons. The van der Waals surface area contributed by atoms with Crippen LogP contribution in [0.1, 0.15) is 42.5 Å². The predicted molar refractivity (Wildman–Crippen MR) is 76.2 cm³/mol. The van der Waals surface area contributed by atoms with Crippen LogP contribution in [0, 0.1) is 0 Å². The van der Waals surface area contributed by atoms with Crippen LogP contribution in [0.2, 0.25) is 5.02 Å². The van der Waals surface area contributed by atoms with Gasteiger partial charge in [0.05, 0.1) is 16.2 Å². The molecule has 1 aromatic carbocycles. The van der Waals surface area contributed by atoms with E-state index in [0.29, 0.717) is 16.3 Å². The zero-order valence-electron chi connectivity index (χ0n) is 10.8. The number of nitrogen functional groups attached to an aromatic ring is 1. The highest BCUT2D eigenvalue weighted by Gasteiger charge is 2.29. The number of benzene rings is 1. The van der Waals surface area contributed by atoms with Crippen LogP contribution in [0.3, 0.4) is 0 Å². The van der Waals surface area contributed by atoms with Crippen molar-refractivity contribution < 1.29 is 9.90 Å². The number of carbonyl (C=O) groups is 1. The van der Waals surface area contributed by atoms with E-state index in [4.69, 9.17) is 17.3 Å². The first-order chi connectivity index (χ1) is 9.00. The van der Waals surface area contributed by atoms with Crippen LogP contribution in [-0.4, -0.2) is 23.2 Å². The van der Waals surface area contributed by atoms with Gasteiger partial charge in [-0.3, -0.25) is 4.79 Å². The third kappa shape index (κ3) is 3.61. The van der Waals surface area contributed by atoms with Gasteiger partial charge in [-0.05, 0) is 31.0 Å². The van der Waals surface area contributed by atoms with Crippen molar-refractivity contribution in [2.75, 3.05) is 12.3 Å². The van der Waals surface area contributed by atoms with E-state index in [9.17, 15) is 9.90 Å². The molecule has 0 atom stereocenters. The fourth-order valence-electron chi connectivity index (χ4n) is 2.44. The molecule has 1 aromatic rings. The summed E-state index contributed by atoms with van der Waals surface area (Å²) in [6.45, 7) is 0.270. The monoisotopic (exact) mass is 282 g/mol. The van der Waals surface area contributed by atoms with Gasteiger partial charge in [0.1, 0.15) is 0 Å². The largest absolute Gasteiger partial charge is 0.399 e. The van der Waals surface area contributed by atoms with Crippen LogP contribution < -0.4 is 11.1 Å². The molecule has 2 rings (SSSR count). The van der Waals surface area contributed by atoms with E-state index in [1.165, 1.54) is 0 Å². The highest BCUT2D eigenvalue weighted by Crippen LogP contribution is 2.27. The second-order valence-corrected chi connectivity index (χ2v) is 5.61. The third-order valence-electron chi connectivity index (χ3n) is 3.60. The van der Waals surface area contributed by atoms with Crippen molar-refractivity contribution in [1.82, 2.24) is 5.32 Å². The molecule has 4 nitrogen and oxygen atoms in total. The Balaban J connectivity index is 1.97. The van der Waals surface area contributed by atoms with Gasteiger partial charge in [-0.1, -0.05) is 30.9 Å². The van der Waals surface area contributed by atoms with Crippen molar-refractivity contribution in [3.8, 4) is 0 Å². The minimum atomic E-state index is -0.770. The maximum absolute atomic E-state index is 12.0. The van der Waals surface area contributed by atoms with Gasteiger partial charge in [-0.25, -0.2) is 0 Å². The van der Waals surface area contributed by atoms with Crippen molar-refractivity contribution in [2.45, 2.75) is 37.7 Å². The fourth-order valence-corrected chi connectivity index (χ4v) is 2.72. The number of halogens is 1. The Bertz CT molecular complexity index is 471. The Morgan fingerprint density at radius 3 is 2.68 bits per heavy atom. The molecule has 1 saturated carbocycles. The Morgan fingerprint density at radius 2 is 2.05 bits per heavy atom. The number of hydrogen-bond donors (Lipinski definition) is 3. The van der Waals surface area contributed by atoms with Crippen LogP contribution in [0.25, 0.3) is 0 Å². The lowest BCUT2D eigenvalue weighted by Crippen LogP contribution is -2.44. The van der Waals surface area contributed by atoms with Crippen LogP contribution in [-0.2, 0) is 0 Å². The van der Waals surface area contributed by atoms with Crippen LogP contribution >= 0.6 is 11.6 Å². The highest BCUT2D eigenvalue weighted by molar-refractivity contribution is 6.34. The Hall–Kier alpha value is -1.26. The molecule has 19 heavy (non-hydrogen) atoms. The van der Waals surface area contributed by atoms with E-state index < -0.39 is 5.60 Å². The molecule has 1 aliphatic rings. The molecule has 0 heterocycles. The average molecular weight is 283 g/mol. The smallest absolute Gasteiger partial charge is 0.252 e. The zero-order valence-corrected chi connectivity index (χ0v) is 11.5. The van der Waals surface area contributed by atoms with Gasteiger partial charge >= 0.3 is 0 Å². The van der Waals surface area contributed by atoms with Crippen molar-refractivity contribution in [3.63, 3.8) is 0 Å². The van der Waals surface area contributed by atoms with Gasteiger partial charge in [0.15, 0.2) is 0 Å². The number of amides is 1. The maximum atomic E-state index is 12.0. The van der Waals surface area contributed by atoms with E-state index in [-0.39, 0.29) is 12.5 Å². The summed E-state index contributed by atoms with van der Waals surface area (Å²) >= 11 is 5.98. The van der Waals surface area contributed by atoms with Crippen LogP contribution in [0.4, 0.5) is 5.69 Å². The van der Waals surface area contributed by atoms with Crippen molar-refractivity contribution in [3.05, 3.63) is 28.8 Å². The van der Waals surface area contributed by atoms with Gasteiger partial charge in [-0.2, -0.15) is 0 Å². The average Bonchev–Trinajstić information content (AvgIpc) is 2.37. The van der Waals surface area contributed by atoms with E-state index >= 15 is 0 Å². The van der Waals surface area contributed by atoms with Crippen LogP contribution in [0.15, 0.2) is 18.2 Å². The second kappa shape index (κ2) is 5.80. The molecule has 104 valence electrons. The number of nitrogens with two attached hydrogens (primary N) is 1. The van der Waals surface area contributed by atoms with Gasteiger partial charge in [0, 0.05) is 12.2 Å². The molecule has 0 aromatic heterocycles. The molecule has 4 N–H and O–H groups in total. The predicted octanol–water partition coefficient (Wildman–Crippen LogP) is 2.35. The standard InChI is InChI=1S/C14H19ClN2O2/c15-12-8-10(16)4-5-11(12)13(18)17-9-14(19)6-2-1-3-7-14/h4-5,8,19H,1-3,6-7,9,16H2,(H,17,18). The number of nitrogens with one attached hydrogen (secondary N) is 1. The molecule has 0 bridgehead atoms. The van der Waals surface area contributed by atoms with E-state index in [1.54, 1.807) is 18.2 Å². The molecule has 0 saturated heterocycles. The molecule has 1 amide bonds. The number of carbonyl (C=O) groups excluding carboxylic acids is 1. The van der Waals surface area contributed by atoms with Crippen molar-refractivity contribution in [1.29, 1.82) is 0 Å². The normalized spacial score (nSPS) is 18.0. The lowest BCUT2D eigenvalue weighted by Gasteiger charge is -2.32. The number of hydrogen-bond acceptors (Lipinski definition) is 3. The summed E-state index contributed by atoms with van der Waals surface area (Å²) in [5, 5.41) is 13.4. The second-order valence-electron chi connectivity index (χ2n) is 5.21. The SMILES string of the molecule is Nc1ccc(C(=O)NCC2(O)CCCCC2)c(Cl)c1. The van der Waals surface area contributed by atoms with Gasteiger partial charge in [0.2, 0.25) is 0 Å². The third-order valence-corrected chi connectivity index (χ3v) is 3.91. The quantitative estimate of drug-likeness (QED) is 0.745. The minimum absolute atomic E-state index is 0.270.